The van der Waals surface area contributed by atoms with Crippen LogP contribution in [0.4, 0.5) is 4.79 Å². The molecule has 0 radical (unpaired) electrons. The van der Waals surface area contributed by atoms with Gasteiger partial charge in [0.2, 0.25) is 0 Å². The number of carboxylic acids is 1. The standard InChI is InChI=1S/C26H43NO8Si/c1-5-33-36(34-6-2,35-7-3)20-14-18-27-26(30)32-19-13-9-8-10-16-23(25(28)29)21-22-15-11-12-17-24(22)31-4/h11-12,15,17,21H,5-10,13-14,16,18-20H2,1-4H3,(H,27,30)(H,28,29)/b23-21+. The fourth-order valence-electron chi connectivity index (χ4n) is 3.70. The van der Waals surface area contributed by atoms with Crippen molar-refractivity contribution >= 4 is 26.9 Å². The molecule has 0 aliphatic carbocycles. The van der Waals surface area contributed by atoms with Crippen molar-refractivity contribution in [3.63, 3.8) is 0 Å². The molecule has 0 heterocycles. The first-order chi connectivity index (χ1) is 17.4. The summed E-state index contributed by atoms with van der Waals surface area (Å²) in [7, 11) is -1.13. The van der Waals surface area contributed by atoms with Gasteiger partial charge < -0.3 is 33.2 Å². The maximum absolute atomic E-state index is 11.9. The normalized spacial score (nSPS) is 11.8. The predicted molar refractivity (Wildman–Crippen MR) is 141 cm³/mol. The van der Waals surface area contributed by atoms with Crippen LogP contribution in [-0.2, 0) is 22.8 Å². The topological polar surface area (TPSA) is 113 Å². The molecule has 0 fully saturated rings. The molecule has 0 saturated carbocycles. The van der Waals surface area contributed by atoms with Crippen LogP contribution in [0.25, 0.3) is 6.08 Å². The van der Waals surface area contributed by atoms with E-state index in [1.807, 2.05) is 39.0 Å². The Hall–Kier alpha value is -2.40. The number of amides is 1. The number of carbonyl (C=O) groups is 2. The molecule has 10 heteroatoms. The van der Waals surface area contributed by atoms with Crippen molar-refractivity contribution < 1.29 is 37.4 Å². The Bertz CT molecular complexity index is 785. The summed E-state index contributed by atoms with van der Waals surface area (Å²) in [5.41, 5.74) is 1.10. The number of ether oxygens (including phenoxy) is 2. The maximum atomic E-state index is 11.9. The van der Waals surface area contributed by atoms with Gasteiger partial charge in [0, 0.05) is 43.5 Å². The zero-order chi connectivity index (χ0) is 26.7. The zero-order valence-corrected chi connectivity index (χ0v) is 23.2. The molecular weight excluding hydrogens is 482 g/mol. The first kappa shape index (κ1) is 31.6. The number of carboxylic acid groups (broad SMARTS) is 1. The van der Waals surface area contributed by atoms with E-state index < -0.39 is 20.9 Å². The minimum atomic E-state index is -2.69. The number of unbranched alkanes of at least 4 members (excludes halogenated alkanes) is 3. The fourth-order valence-corrected chi connectivity index (χ4v) is 6.31. The van der Waals surface area contributed by atoms with E-state index in [1.165, 1.54) is 0 Å². The van der Waals surface area contributed by atoms with Gasteiger partial charge in [0.1, 0.15) is 5.75 Å². The molecule has 0 bridgehead atoms. The van der Waals surface area contributed by atoms with E-state index in [0.717, 1.165) is 31.2 Å². The first-order valence-electron chi connectivity index (χ1n) is 12.8. The van der Waals surface area contributed by atoms with E-state index in [9.17, 15) is 14.7 Å². The molecule has 36 heavy (non-hydrogen) atoms. The molecule has 0 unspecified atom stereocenters. The number of benzene rings is 1. The van der Waals surface area contributed by atoms with Crippen LogP contribution in [0.3, 0.4) is 0 Å². The lowest BCUT2D eigenvalue weighted by atomic mass is 10.0. The Labute approximate surface area is 216 Å². The molecule has 0 aliphatic rings. The van der Waals surface area contributed by atoms with Gasteiger partial charge >= 0.3 is 20.9 Å². The van der Waals surface area contributed by atoms with Crippen LogP contribution in [0, 0.1) is 0 Å². The van der Waals surface area contributed by atoms with Crippen molar-refractivity contribution in [2.24, 2.45) is 0 Å². The number of methoxy groups -OCH3 is 1. The molecule has 0 spiro atoms. The molecule has 1 rings (SSSR count). The second-order valence-corrected chi connectivity index (χ2v) is 10.8. The van der Waals surface area contributed by atoms with Crippen LogP contribution in [0.1, 0.15) is 64.9 Å². The highest BCUT2D eigenvalue weighted by Gasteiger charge is 2.39. The molecule has 9 nitrogen and oxygen atoms in total. The van der Waals surface area contributed by atoms with Crippen LogP contribution in [0.15, 0.2) is 29.8 Å². The number of hydrogen-bond donors (Lipinski definition) is 2. The summed E-state index contributed by atoms with van der Waals surface area (Å²) < 4.78 is 27.9. The van der Waals surface area contributed by atoms with Crippen molar-refractivity contribution in [1.82, 2.24) is 5.32 Å². The van der Waals surface area contributed by atoms with E-state index in [0.29, 0.717) is 63.2 Å². The SMILES string of the molecule is CCO[Si](CCCNC(=O)OCCCCCC/C(=C\c1ccccc1OC)C(=O)O)(OCC)OCC. The summed E-state index contributed by atoms with van der Waals surface area (Å²) in [6.07, 6.45) is 5.52. The Kier molecular flexibility index (Phi) is 16.5. The average Bonchev–Trinajstić information content (AvgIpc) is 2.86. The van der Waals surface area contributed by atoms with E-state index in [2.05, 4.69) is 5.32 Å². The number of hydrogen-bond acceptors (Lipinski definition) is 7. The number of carbonyl (C=O) groups excluding carboxylic acids is 1. The smallest absolute Gasteiger partial charge is 0.496 e. The molecule has 1 aromatic rings. The van der Waals surface area contributed by atoms with E-state index in [-0.39, 0.29) is 0 Å². The van der Waals surface area contributed by atoms with Crippen molar-refractivity contribution in [2.75, 3.05) is 40.1 Å². The number of alkyl carbamates (subject to hydrolysis) is 1. The third-order valence-corrected chi connectivity index (χ3v) is 8.49. The van der Waals surface area contributed by atoms with Crippen LogP contribution >= 0.6 is 0 Å². The highest BCUT2D eigenvalue weighted by molar-refractivity contribution is 6.60. The van der Waals surface area contributed by atoms with Gasteiger partial charge in [-0.05, 0) is 58.6 Å². The predicted octanol–water partition coefficient (Wildman–Crippen LogP) is 5.28. The van der Waals surface area contributed by atoms with Crippen molar-refractivity contribution in [3.8, 4) is 5.75 Å². The number of rotatable bonds is 20. The van der Waals surface area contributed by atoms with Crippen LogP contribution in [0.2, 0.25) is 6.04 Å². The third kappa shape index (κ3) is 12.5. The van der Waals surface area contributed by atoms with Crippen LogP contribution < -0.4 is 10.1 Å². The minimum Gasteiger partial charge on any atom is -0.496 e. The van der Waals surface area contributed by atoms with Gasteiger partial charge in [0.15, 0.2) is 0 Å². The zero-order valence-electron chi connectivity index (χ0n) is 22.2. The van der Waals surface area contributed by atoms with E-state index in [1.54, 1.807) is 19.3 Å². The fraction of sp³-hybridized carbons (Fsp3) is 0.615. The Morgan fingerprint density at radius 3 is 2.19 bits per heavy atom. The number of aliphatic carboxylic acids is 1. The summed E-state index contributed by atoms with van der Waals surface area (Å²) in [6.45, 7) is 8.10. The molecule has 1 amide bonds. The molecular formula is C26H43NO8Si. The summed E-state index contributed by atoms with van der Waals surface area (Å²) >= 11 is 0. The molecule has 1 aromatic carbocycles. The Morgan fingerprint density at radius 1 is 0.944 bits per heavy atom. The molecule has 0 atom stereocenters. The average molecular weight is 526 g/mol. The lowest BCUT2D eigenvalue weighted by molar-refractivity contribution is -0.132. The summed E-state index contributed by atoms with van der Waals surface area (Å²) in [6, 6.07) is 7.96. The molecule has 0 aliphatic heterocycles. The molecule has 0 aromatic heterocycles. The summed E-state index contributed by atoms with van der Waals surface area (Å²) in [5, 5.41) is 12.3. The Morgan fingerprint density at radius 2 is 1.58 bits per heavy atom. The number of nitrogens with one attached hydrogen (secondary N) is 1. The summed E-state index contributed by atoms with van der Waals surface area (Å²) in [4.78, 5) is 23.5. The van der Waals surface area contributed by atoms with E-state index >= 15 is 0 Å². The quantitative estimate of drug-likeness (QED) is 0.134. The molecule has 0 saturated heterocycles. The highest BCUT2D eigenvalue weighted by atomic mass is 28.4. The summed E-state index contributed by atoms with van der Waals surface area (Å²) in [5.74, 6) is -0.282. The van der Waals surface area contributed by atoms with E-state index in [4.69, 9.17) is 22.8 Å². The van der Waals surface area contributed by atoms with Crippen molar-refractivity contribution in [2.45, 2.75) is 65.3 Å². The molecule has 204 valence electrons. The highest BCUT2D eigenvalue weighted by Crippen LogP contribution is 2.23. The van der Waals surface area contributed by atoms with Crippen molar-refractivity contribution in [1.29, 1.82) is 0 Å². The van der Waals surface area contributed by atoms with Crippen LogP contribution in [0.5, 0.6) is 5.75 Å². The lowest BCUT2D eigenvalue weighted by Gasteiger charge is -2.28. The largest absolute Gasteiger partial charge is 0.500 e. The van der Waals surface area contributed by atoms with Gasteiger partial charge in [0.25, 0.3) is 0 Å². The van der Waals surface area contributed by atoms with Gasteiger partial charge in [-0.15, -0.1) is 0 Å². The molecule has 2 N–H and O–H groups in total. The van der Waals surface area contributed by atoms with Gasteiger partial charge in [-0.25, -0.2) is 9.59 Å². The minimum absolute atomic E-state index is 0.324. The van der Waals surface area contributed by atoms with Gasteiger partial charge in [-0.1, -0.05) is 31.0 Å². The second kappa shape index (κ2) is 18.8. The van der Waals surface area contributed by atoms with Gasteiger partial charge in [-0.3, -0.25) is 0 Å². The van der Waals surface area contributed by atoms with Crippen LogP contribution in [-0.4, -0.2) is 66.1 Å². The maximum Gasteiger partial charge on any atom is 0.500 e. The monoisotopic (exact) mass is 525 g/mol. The second-order valence-electron chi connectivity index (χ2n) is 8.03. The lowest BCUT2D eigenvalue weighted by Crippen LogP contribution is -2.46. The van der Waals surface area contributed by atoms with Crippen molar-refractivity contribution in [3.05, 3.63) is 35.4 Å². The number of para-hydroxylation sites is 1. The Balaban J connectivity index is 2.25. The van der Waals surface area contributed by atoms with Gasteiger partial charge in [-0.2, -0.15) is 0 Å². The van der Waals surface area contributed by atoms with Gasteiger partial charge in [0.05, 0.1) is 13.7 Å². The first-order valence-corrected chi connectivity index (χ1v) is 14.7. The third-order valence-electron chi connectivity index (χ3n) is 5.34.